The molecule has 1 saturated heterocycles. The number of H-pyrrole nitrogens is 1. The number of benzene rings is 1. The van der Waals surface area contributed by atoms with E-state index in [0.717, 1.165) is 18.9 Å². The summed E-state index contributed by atoms with van der Waals surface area (Å²) in [5, 5.41) is 0.0426. The lowest BCUT2D eigenvalue weighted by atomic mass is 10.1. The fourth-order valence-electron chi connectivity index (χ4n) is 3.75. The van der Waals surface area contributed by atoms with Crippen LogP contribution >= 0.6 is 0 Å². The van der Waals surface area contributed by atoms with E-state index in [1.165, 1.54) is 11.7 Å². The van der Waals surface area contributed by atoms with E-state index in [-0.39, 0.29) is 48.0 Å². The van der Waals surface area contributed by atoms with Gasteiger partial charge in [-0.2, -0.15) is 0 Å². The molecule has 1 saturated carbocycles. The van der Waals surface area contributed by atoms with Gasteiger partial charge in [0, 0.05) is 25.0 Å². The number of nitrogens with one attached hydrogen (secondary N) is 1. The highest BCUT2D eigenvalue weighted by molar-refractivity contribution is 5.91. The third-order valence-electron chi connectivity index (χ3n) is 5.20. The lowest BCUT2D eigenvalue weighted by Gasteiger charge is -2.23. The Hall–Kier alpha value is -2.42. The summed E-state index contributed by atoms with van der Waals surface area (Å²) in [5.41, 5.74) is 4.70. The van der Waals surface area contributed by atoms with Crippen molar-refractivity contribution in [3.8, 4) is 5.75 Å². The Labute approximate surface area is 147 Å². The van der Waals surface area contributed by atoms with Gasteiger partial charge in [0.25, 0.3) is 5.56 Å². The maximum atomic E-state index is 14.9. The first-order valence-corrected chi connectivity index (χ1v) is 8.60. The third-order valence-corrected chi connectivity index (χ3v) is 5.20. The standard InChI is InChI=1S/C17H20F2N4O3/c1-26-15-13-10(16(24)21-17(25)23(13)9-2-3-9)4-11(18)14(15)22-6-8(5-20)12(19)7-22/h4,8-9,12H,2-3,5-7,20H2,1H3,(H,21,24,25)/t8-,12-/m0/s1. The lowest BCUT2D eigenvalue weighted by Crippen LogP contribution is -2.31. The molecule has 3 N–H and O–H groups in total. The highest BCUT2D eigenvalue weighted by atomic mass is 19.1. The molecule has 1 aliphatic heterocycles. The predicted octanol–water partition coefficient (Wildman–Crippen LogP) is 0.905. The number of fused-ring (bicyclic) bond motifs is 1. The van der Waals surface area contributed by atoms with Crippen molar-refractivity contribution in [3.05, 3.63) is 32.7 Å². The van der Waals surface area contributed by atoms with E-state index in [1.807, 2.05) is 0 Å². The van der Waals surface area contributed by atoms with E-state index in [2.05, 4.69) is 4.98 Å². The highest BCUT2D eigenvalue weighted by Gasteiger charge is 2.36. The van der Waals surface area contributed by atoms with Crippen molar-refractivity contribution < 1.29 is 13.5 Å². The van der Waals surface area contributed by atoms with Gasteiger partial charge in [0.05, 0.1) is 12.5 Å². The molecule has 0 spiro atoms. The number of rotatable bonds is 4. The molecule has 9 heteroatoms. The van der Waals surface area contributed by atoms with Gasteiger partial charge in [0.1, 0.15) is 17.4 Å². The van der Waals surface area contributed by atoms with E-state index in [1.54, 1.807) is 4.90 Å². The van der Waals surface area contributed by atoms with Crippen molar-refractivity contribution in [3.63, 3.8) is 0 Å². The van der Waals surface area contributed by atoms with Gasteiger partial charge in [-0.3, -0.25) is 14.3 Å². The van der Waals surface area contributed by atoms with Crippen LogP contribution < -0.4 is 26.6 Å². The quantitative estimate of drug-likeness (QED) is 0.839. The Bertz CT molecular complexity index is 983. The monoisotopic (exact) mass is 366 g/mol. The van der Waals surface area contributed by atoms with Crippen LogP contribution in [0.1, 0.15) is 18.9 Å². The Morgan fingerprint density at radius 1 is 1.35 bits per heavy atom. The maximum absolute atomic E-state index is 14.9. The number of aromatic nitrogens is 2. The van der Waals surface area contributed by atoms with Crippen molar-refractivity contribution in [2.75, 3.05) is 31.6 Å². The largest absolute Gasteiger partial charge is 0.492 e. The van der Waals surface area contributed by atoms with Gasteiger partial charge in [-0.1, -0.05) is 0 Å². The van der Waals surface area contributed by atoms with E-state index < -0.39 is 29.2 Å². The van der Waals surface area contributed by atoms with Crippen LogP contribution in [0.25, 0.3) is 10.9 Å². The van der Waals surface area contributed by atoms with Crippen molar-refractivity contribution in [1.82, 2.24) is 9.55 Å². The van der Waals surface area contributed by atoms with Crippen molar-refractivity contribution in [2.45, 2.75) is 25.1 Å². The van der Waals surface area contributed by atoms with Crippen molar-refractivity contribution in [2.24, 2.45) is 11.7 Å². The Morgan fingerprint density at radius 2 is 2.08 bits per heavy atom. The topological polar surface area (TPSA) is 93.3 Å². The second-order valence-electron chi connectivity index (χ2n) is 6.91. The Kier molecular flexibility index (Phi) is 3.98. The zero-order valence-electron chi connectivity index (χ0n) is 14.3. The number of anilines is 1. The predicted molar refractivity (Wildman–Crippen MR) is 93.3 cm³/mol. The number of alkyl halides is 1. The third kappa shape index (κ3) is 2.49. The molecule has 1 aromatic carbocycles. The fourth-order valence-corrected chi connectivity index (χ4v) is 3.75. The number of hydrogen-bond donors (Lipinski definition) is 2. The molecular weight excluding hydrogens is 346 g/mol. The minimum absolute atomic E-state index is 0.0164. The SMILES string of the molecule is COc1c(N2C[C@H](CN)[C@@H](F)C2)c(F)cc2c(=O)[nH]c(=O)n(C3CC3)c12. The maximum Gasteiger partial charge on any atom is 0.329 e. The molecule has 2 heterocycles. The number of halogens is 2. The summed E-state index contributed by atoms with van der Waals surface area (Å²) < 4.78 is 35.9. The van der Waals surface area contributed by atoms with E-state index >= 15 is 0 Å². The minimum Gasteiger partial charge on any atom is -0.492 e. The lowest BCUT2D eigenvalue weighted by molar-refractivity contribution is 0.289. The van der Waals surface area contributed by atoms with Crippen LogP contribution in [-0.4, -0.2) is 42.5 Å². The first-order chi connectivity index (χ1) is 12.5. The second-order valence-corrected chi connectivity index (χ2v) is 6.91. The summed E-state index contributed by atoms with van der Waals surface area (Å²) in [4.78, 5) is 28.3. The van der Waals surface area contributed by atoms with Gasteiger partial charge in [-0.05, 0) is 25.5 Å². The first-order valence-electron chi connectivity index (χ1n) is 8.60. The minimum atomic E-state index is -1.18. The van der Waals surface area contributed by atoms with Crippen LogP contribution in [0.4, 0.5) is 14.5 Å². The summed E-state index contributed by atoms with van der Waals surface area (Å²) in [6.45, 7) is 0.381. The second kappa shape index (κ2) is 6.08. The first kappa shape index (κ1) is 17.0. The molecule has 140 valence electrons. The van der Waals surface area contributed by atoms with Gasteiger partial charge in [-0.25, -0.2) is 13.6 Å². The summed E-state index contributed by atoms with van der Waals surface area (Å²) in [6.07, 6.45) is 0.412. The molecular formula is C17H20F2N4O3. The molecule has 0 bridgehead atoms. The number of aromatic amines is 1. The summed E-state index contributed by atoms with van der Waals surface area (Å²) in [6, 6.07) is 1.03. The number of methoxy groups -OCH3 is 1. The van der Waals surface area contributed by atoms with Gasteiger partial charge < -0.3 is 15.4 Å². The van der Waals surface area contributed by atoms with E-state index in [4.69, 9.17) is 10.5 Å². The molecule has 4 rings (SSSR count). The smallest absolute Gasteiger partial charge is 0.329 e. The molecule has 2 aromatic rings. The van der Waals surface area contributed by atoms with Crippen LogP contribution in [0.15, 0.2) is 15.7 Å². The molecule has 1 aromatic heterocycles. The van der Waals surface area contributed by atoms with Crippen LogP contribution in [-0.2, 0) is 0 Å². The number of nitrogens with two attached hydrogens (primary N) is 1. The van der Waals surface area contributed by atoms with Gasteiger partial charge >= 0.3 is 5.69 Å². The van der Waals surface area contributed by atoms with Gasteiger partial charge in [0.15, 0.2) is 11.6 Å². The number of nitrogens with zero attached hydrogens (tertiary/aromatic N) is 2. The van der Waals surface area contributed by atoms with Crippen LogP contribution in [0.5, 0.6) is 5.75 Å². The van der Waals surface area contributed by atoms with Crippen molar-refractivity contribution in [1.29, 1.82) is 0 Å². The Balaban J connectivity index is 2.00. The average molecular weight is 366 g/mol. The molecule has 0 radical (unpaired) electrons. The number of ether oxygens (including phenoxy) is 1. The average Bonchev–Trinajstić information content (AvgIpc) is 3.36. The summed E-state index contributed by atoms with van der Waals surface area (Å²) in [5.74, 6) is -1.01. The molecule has 0 amide bonds. The molecule has 26 heavy (non-hydrogen) atoms. The molecule has 2 aliphatic rings. The molecule has 0 unspecified atom stereocenters. The summed E-state index contributed by atoms with van der Waals surface area (Å²) >= 11 is 0. The van der Waals surface area contributed by atoms with Crippen LogP contribution in [0, 0.1) is 11.7 Å². The molecule has 1 aliphatic carbocycles. The van der Waals surface area contributed by atoms with Crippen LogP contribution in [0.2, 0.25) is 0 Å². The van der Waals surface area contributed by atoms with Crippen LogP contribution in [0.3, 0.4) is 0 Å². The fraction of sp³-hybridized carbons (Fsp3) is 0.529. The zero-order chi connectivity index (χ0) is 18.6. The molecule has 7 nitrogen and oxygen atoms in total. The molecule has 2 atom stereocenters. The Morgan fingerprint density at radius 3 is 2.65 bits per heavy atom. The normalized spacial score (nSPS) is 23.0. The highest BCUT2D eigenvalue weighted by Crippen LogP contribution is 2.43. The molecule has 2 fully saturated rings. The van der Waals surface area contributed by atoms with Crippen molar-refractivity contribution >= 4 is 16.6 Å². The number of hydrogen-bond acceptors (Lipinski definition) is 5. The summed E-state index contributed by atoms with van der Waals surface area (Å²) in [7, 11) is 1.35. The zero-order valence-corrected chi connectivity index (χ0v) is 14.3. The van der Waals surface area contributed by atoms with E-state index in [9.17, 15) is 18.4 Å². The van der Waals surface area contributed by atoms with Gasteiger partial charge in [-0.15, -0.1) is 0 Å². The van der Waals surface area contributed by atoms with Gasteiger partial charge in [0.2, 0.25) is 0 Å². The van der Waals surface area contributed by atoms with E-state index in [0.29, 0.717) is 0 Å².